The summed E-state index contributed by atoms with van der Waals surface area (Å²) in [6.07, 6.45) is 0.0239. The van der Waals surface area contributed by atoms with Crippen molar-refractivity contribution in [3.8, 4) is 0 Å². The molecule has 3 N–H and O–H groups in total. The van der Waals surface area contributed by atoms with Crippen molar-refractivity contribution in [2.24, 2.45) is 0 Å². The Morgan fingerprint density at radius 2 is 2.10 bits per heavy atom. The van der Waals surface area contributed by atoms with Crippen molar-refractivity contribution < 1.29 is 9.90 Å². The molecule has 0 bridgehead atoms. The molecule has 1 aliphatic rings. The van der Waals surface area contributed by atoms with Gasteiger partial charge in [0.05, 0.1) is 17.1 Å². The van der Waals surface area contributed by atoms with Crippen molar-refractivity contribution >= 4 is 22.4 Å². The number of carbonyl (C=O) groups excluding carboxylic acids is 1. The topological polar surface area (TPSA) is 61.4 Å². The molecular formula is C15H16N2O2S. The maximum absolute atomic E-state index is 11.9. The first-order valence-electron chi connectivity index (χ1n) is 6.53. The zero-order valence-electron chi connectivity index (χ0n) is 11.1. The standard InChI is InChI=1S/C15H16N2O2S/c1-9-6-7-13(20-9)17-15(19)16-12-8-10-4-2-3-5-11(10)14(12)18/h2-7,12,14,18H,8H2,1H3,(H2,16,17,19). The van der Waals surface area contributed by atoms with Crippen molar-refractivity contribution in [3.05, 3.63) is 52.4 Å². The fraction of sp³-hybridized carbons (Fsp3) is 0.267. The Balaban J connectivity index is 1.63. The summed E-state index contributed by atoms with van der Waals surface area (Å²) in [5, 5.41) is 16.7. The molecule has 0 saturated carbocycles. The number of thiophene rings is 1. The van der Waals surface area contributed by atoms with Gasteiger partial charge in [-0.1, -0.05) is 24.3 Å². The Bertz CT molecular complexity index is 638. The highest BCUT2D eigenvalue weighted by atomic mass is 32.1. The maximum Gasteiger partial charge on any atom is 0.320 e. The van der Waals surface area contributed by atoms with E-state index < -0.39 is 6.10 Å². The summed E-state index contributed by atoms with van der Waals surface area (Å²) in [5.74, 6) is 0. The van der Waals surface area contributed by atoms with Crippen molar-refractivity contribution in [1.29, 1.82) is 0 Å². The minimum absolute atomic E-state index is 0.270. The smallest absolute Gasteiger partial charge is 0.320 e. The maximum atomic E-state index is 11.9. The lowest BCUT2D eigenvalue weighted by Gasteiger charge is -2.17. The van der Waals surface area contributed by atoms with Crippen LogP contribution in [0, 0.1) is 6.92 Å². The monoisotopic (exact) mass is 288 g/mol. The first-order chi connectivity index (χ1) is 9.63. The van der Waals surface area contributed by atoms with Crippen molar-refractivity contribution in [2.75, 3.05) is 5.32 Å². The van der Waals surface area contributed by atoms with Crippen LogP contribution in [0.2, 0.25) is 0 Å². The molecule has 4 nitrogen and oxygen atoms in total. The van der Waals surface area contributed by atoms with Crippen LogP contribution < -0.4 is 10.6 Å². The largest absolute Gasteiger partial charge is 0.386 e. The van der Waals surface area contributed by atoms with Gasteiger partial charge in [0.1, 0.15) is 0 Å². The van der Waals surface area contributed by atoms with Gasteiger partial charge in [0.2, 0.25) is 0 Å². The number of carbonyl (C=O) groups is 1. The average Bonchev–Trinajstić information content (AvgIpc) is 2.95. The number of hydrogen-bond donors (Lipinski definition) is 3. The van der Waals surface area contributed by atoms with Gasteiger partial charge in [-0.3, -0.25) is 5.32 Å². The lowest BCUT2D eigenvalue weighted by Crippen LogP contribution is -2.40. The summed E-state index contributed by atoms with van der Waals surface area (Å²) in [6.45, 7) is 1.99. The molecule has 0 fully saturated rings. The Kier molecular flexibility index (Phi) is 3.46. The second-order valence-electron chi connectivity index (χ2n) is 4.96. The van der Waals surface area contributed by atoms with Crippen LogP contribution in [0.5, 0.6) is 0 Å². The van der Waals surface area contributed by atoms with Gasteiger partial charge in [-0.2, -0.15) is 0 Å². The molecule has 2 aromatic rings. The summed E-state index contributed by atoms with van der Waals surface area (Å²) in [5.41, 5.74) is 2.00. The Labute approximate surface area is 121 Å². The van der Waals surface area contributed by atoms with Crippen molar-refractivity contribution in [1.82, 2.24) is 5.32 Å². The summed E-state index contributed by atoms with van der Waals surface area (Å²) in [4.78, 5) is 13.1. The van der Waals surface area contributed by atoms with E-state index in [-0.39, 0.29) is 12.1 Å². The van der Waals surface area contributed by atoms with Crippen LogP contribution in [0.3, 0.4) is 0 Å². The second kappa shape index (κ2) is 5.26. The normalized spacial score (nSPS) is 20.5. The summed E-state index contributed by atoms with van der Waals surface area (Å²) in [6, 6.07) is 11.0. The predicted molar refractivity (Wildman–Crippen MR) is 80.1 cm³/mol. The average molecular weight is 288 g/mol. The number of fused-ring (bicyclic) bond motifs is 1. The predicted octanol–water partition coefficient (Wildman–Crippen LogP) is 2.84. The van der Waals surface area contributed by atoms with E-state index in [0.717, 1.165) is 21.0 Å². The molecule has 5 heteroatoms. The summed E-state index contributed by atoms with van der Waals surface area (Å²) in [7, 11) is 0. The number of aliphatic hydroxyl groups is 1. The van der Waals surface area contributed by atoms with E-state index in [4.69, 9.17) is 0 Å². The van der Waals surface area contributed by atoms with Gasteiger partial charge >= 0.3 is 6.03 Å². The number of amides is 2. The molecule has 1 heterocycles. The van der Waals surface area contributed by atoms with E-state index in [1.807, 2.05) is 43.3 Å². The fourth-order valence-corrected chi connectivity index (χ4v) is 3.28. The van der Waals surface area contributed by atoms with E-state index in [1.165, 1.54) is 11.3 Å². The number of aryl methyl sites for hydroxylation is 1. The minimum Gasteiger partial charge on any atom is -0.386 e. The highest BCUT2D eigenvalue weighted by molar-refractivity contribution is 7.16. The summed E-state index contributed by atoms with van der Waals surface area (Å²) >= 11 is 1.53. The molecule has 1 aliphatic carbocycles. The number of urea groups is 1. The third-order valence-corrected chi connectivity index (χ3v) is 4.40. The Morgan fingerprint density at radius 3 is 2.80 bits per heavy atom. The molecule has 2 amide bonds. The third-order valence-electron chi connectivity index (χ3n) is 3.49. The van der Waals surface area contributed by atoms with Crippen LogP contribution in [0.15, 0.2) is 36.4 Å². The molecule has 104 valence electrons. The fourth-order valence-electron chi connectivity index (χ4n) is 2.52. The van der Waals surface area contributed by atoms with Crippen LogP contribution in [0.4, 0.5) is 9.80 Å². The van der Waals surface area contributed by atoms with Crippen LogP contribution in [0.25, 0.3) is 0 Å². The van der Waals surface area contributed by atoms with Crippen LogP contribution >= 0.6 is 11.3 Å². The van der Waals surface area contributed by atoms with Gasteiger partial charge in [-0.25, -0.2) is 4.79 Å². The zero-order chi connectivity index (χ0) is 14.1. The first kappa shape index (κ1) is 13.1. The highest BCUT2D eigenvalue weighted by Gasteiger charge is 2.31. The lowest BCUT2D eigenvalue weighted by atomic mass is 10.1. The van der Waals surface area contributed by atoms with E-state index in [1.54, 1.807) is 0 Å². The molecule has 0 aliphatic heterocycles. The molecule has 0 radical (unpaired) electrons. The molecule has 0 spiro atoms. The number of rotatable bonds is 2. The quantitative estimate of drug-likeness (QED) is 0.795. The molecule has 3 rings (SSSR count). The SMILES string of the molecule is Cc1ccc(NC(=O)NC2Cc3ccccc3C2O)s1. The van der Waals surface area contributed by atoms with Crippen LogP contribution in [-0.2, 0) is 6.42 Å². The van der Waals surface area contributed by atoms with Gasteiger partial charge < -0.3 is 10.4 Å². The van der Waals surface area contributed by atoms with Crippen molar-refractivity contribution in [2.45, 2.75) is 25.5 Å². The number of anilines is 1. The van der Waals surface area contributed by atoms with Gasteiger partial charge in [-0.15, -0.1) is 11.3 Å². The highest BCUT2D eigenvalue weighted by Crippen LogP contribution is 2.31. The van der Waals surface area contributed by atoms with Gasteiger partial charge in [0.25, 0.3) is 0 Å². The molecule has 1 aromatic carbocycles. The van der Waals surface area contributed by atoms with Gasteiger partial charge in [0, 0.05) is 4.88 Å². The van der Waals surface area contributed by atoms with E-state index >= 15 is 0 Å². The molecule has 0 saturated heterocycles. The van der Waals surface area contributed by atoms with E-state index in [2.05, 4.69) is 10.6 Å². The number of hydrogen-bond acceptors (Lipinski definition) is 3. The zero-order valence-corrected chi connectivity index (χ0v) is 11.9. The molecule has 2 atom stereocenters. The van der Waals surface area contributed by atoms with E-state index in [0.29, 0.717) is 6.42 Å². The Morgan fingerprint density at radius 1 is 1.30 bits per heavy atom. The van der Waals surface area contributed by atoms with Crippen molar-refractivity contribution in [3.63, 3.8) is 0 Å². The number of aliphatic hydroxyl groups excluding tert-OH is 1. The molecule has 1 aromatic heterocycles. The molecular weight excluding hydrogens is 272 g/mol. The van der Waals surface area contributed by atoms with Gasteiger partial charge in [0.15, 0.2) is 0 Å². The van der Waals surface area contributed by atoms with Crippen LogP contribution in [-0.4, -0.2) is 17.2 Å². The lowest BCUT2D eigenvalue weighted by molar-refractivity contribution is 0.145. The second-order valence-corrected chi connectivity index (χ2v) is 6.25. The number of nitrogens with one attached hydrogen (secondary N) is 2. The Hall–Kier alpha value is -1.85. The third kappa shape index (κ3) is 2.55. The van der Waals surface area contributed by atoms with E-state index in [9.17, 15) is 9.90 Å². The summed E-state index contributed by atoms with van der Waals surface area (Å²) < 4.78 is 0. The molecule has 2 unspecified atom stereocenters. The van der Waals surface area contributed by atoms with Crippen LogP contribution in [0.1, 0.15) is 22.1 Å². The minimum atomic E-state index is -0.637. The number of benzene rings is 1. The first-order valence-corrected chi connectivity index (χ1v) is 7.35. The molecule has 20 heavy (non-hydrogen) atoms. The van der Waals surface area contributed by atoms with Gasteiger partial charge in [-0.05, 0) is 36.6 Å².